The van der Waals surface area contributed by atoms with Gasteiger partial charge in [0.1, 0.15) is 17.3 Å². The molecule has 0 amide bonds. The number of nitrogens with zero attached hydrogens (tertiary/aromatic N) is 4. The van der Waals surface area contributed by atoms with Crippen LogP contribution in [-0.2, 0) is 7.05 Å². The maximum Gasteiger partial charge on any atom is 0.417 e. The van der Waals surface area contributed by atoms with Crippen molar-refractivity contribution in [3.05, 3.63) is 65.0 Å². The van der Waals surface area contributed by atoms with E-state index >= 15 is 4.39 Å². The van der Waals surface area contributed by atoms with Crippen molar-refractivity contribution in [2.45, 2.75) is 24.6 Å². The number of aromatic nitrogens is 4. The van der Waals surface area contributed by atoms with E-state index in [1.54, 1.807) is 42.3 Å². The lowest BCUT2D eigenvalue weighted by atomic mass is 9.90. The Labute approximate surface area is 202 Å². The number of aromatic amines is 1. The smallest absolute Gasteiger partial charge is 0.380 e. The Bertz CT molecular complexity index is 1460. The standard InChI is InChI=1S/C24H22F4N6O2/c1-33-19-4-3-15(17-6-9-30-32-17)21(25)16(19)12-18(22(33)35)31-20-5-2-14(13-29-20)34-10-7-23(36,8-11-34)24(26,27)28/h2-6,9,12-13,36H,7-8,10-11H2,1H3,(H,29,31)(H,30,32). The van der Waals surface area contributed by atoms with Gasteiger partial charge in [-0.2, -0.15) is 18.3 Å². The molecule has 4 aromatic rings. The highest BCUT2D eigenvalue weighted by molar-refractivity contribution is 5.88. The summed E-state index contributed by atoms with van der Waals surface area (Å²) in [5, 5.41) is 19.6. The second-order valence-corrected chi connectivity index (χ2v) is 8.80. The summed E-state index contributed by atoms with van der Waals surface area (Å²) in [6.45, 7) is 0.0429. The molecule has 0 atom stereocenters. The van der Waals surface area contributed by atoms with E-state index in [1.807, 2.05) is 0 Å². The third-order valence-corrected chi connectivity index (χ3v) is 6.63. The highest BCUT2D eigenvalue weighted by Gasteiger charge is 2.54. The van der Waals surface area contributed by atoms with Crippen molar-refractivity contribution in [2.75, 3.05) is 23.3 Å². The molecule has 8 nitrogen and oxygen atoms in total. The highest BCUT2D eigenvalue weighted by Crippen LogP contribution is 2.39. The molecule has 0 radical (unpaired) electrons. The van der Waals surface area contributed by atoms with Gasteiger partial charge in [-0.15, -0.1) is 0 Å². The van der Waals surface area contributed by atoms with Crippen LogP contribution in [0.25, 0.3) is 22.2 Å². The Morgan fingerprint density at radius 2 is 1.89 bits per heavy atom. The zero-order valence-electron chi connectivity index (χ0n) is 19.1. The molecule has 4 heterocycles. The molecule has 0 bridgehead atoms. The fourth-order valence-corrected chi connectivity index (χ4v) is 4.42. The number of fused-ring (bicyclic) bond motifs is 1. The average Bonchev–Trinajstić information content (AvgIpc) is 3.38. The topological polar surface area (TPSA) is 99.1 Å². The molecule has 1 fully saturated rings. The van der Waals surface area contributed by atoms with E-state index < -0.39 is 30.4 Å². The zero-order chi connectivity index (χ0) is 25.7. The van der Waals surface area contributed by atoms with Gasteiger partial charge in [0.25, 0.3) is 5.56 Å². The van der Waals surface area contributed by atoms with E-state index in [0.717, 1.165) is 0 Å². The first kappa shape index (κ1) is 23.8. The van der Waals surface area contributed by atoms with E-state index in [4.69, 9.17) is 0 Å². The van der Waals surface area contributed by atoms with Gasteiger partial charge in [-0.05, 0) is 36.4 Å². The van der Waals surface area contributed by atoms with Gasteiger partial charge < -0.3 is 19.9 Å². The Balaban J connectivity index is 1.39. The van der Waals surface area contributed by atoms with Gasteiger partial charge in [0.2, 0.25) is 0 Å². The molecule has 1 saturated heterocycles. The number of halogens is 4. The number of piperidine rings is 1. The van der Waals surface area contributed by atoms with Crippen LogP contribution in [0.4, 0.5) is 34.8 Å². The van der Waals surface area contributed by atoms with E-state index in [-0.39, 0.29) is 29.7 Å². The molecular weight excluding hydrogens is 480 g/mol. The minimum Gasteiger partial charge on any atom is -0.380 e. The molecule has 3 aromatic heterocycles. The van der Waals surface area contributed by atoms with Crippen LogP contribution >= 0.6 is 0 Å². The largest absolute Gasteiger partial charge is 0.417 e. The number of nitrogens with one attached hydrogen (secondary N) is 2. The SMILES string of the molecule is Cn1c(=O)c(Nc2ccc(N3CCC(O)(C(F)(F)F)CC3)cn2)cc2c(F)c(-c3ccn[nH]3)ccc21. The summed E-state index contributed by atoms with van der Waals surface area (Å²) in [5.41, 5.74) is -1.14. The van der Waals surface area contributed by atoms with Crippen molar-refractivity contribution in [3.8, 4) is 11.3 Å². The minimum absolute atomic E-state index is 0.0215. The van der Waals surface area contributed by atoms with Crippen molar-refractivity contribution in [1.29, 1.82) is 0 Å². The predicted octanol–water partition coefficient (Wildman–Crippen LogP) is 4.10. The second-order valence-electron chi connectivity index (χ2n) is 8.80. The summed E-state index contributed by atoms with van der Waals surface area (Å²) in [7, 11) is 1.54. The van der Waals surface area contributed by atoms with Gasteiger partial charge in [-0.3, -0.25) is 9.89 Å². The molecule has 3 N–H and O–H groups in total. The molecule has 0 spiro atoms. The van der Waals surface area contributed by atoms with Crippen molar-refractivity contribution in [3.63, 3.8) is 0 Å². The lowest BCUT2D eigenvalue weighted by Crippen LogP contribution is -2.53. The number of pyridine rings is 2. The number of alkyl halides is 3. The Morgan fingerprint density at radius 1 is 1.14 bits per heavy atom. The Hall–Kier alpha value is -3.93. The van der Waals surface area contributed by atoms with Gasteiger partial charge in [0, 0.05) is 50.1 Å². The summed E-state index contributed by atoms with van der Waals surface area (Å²) in [5.74, 6) is -0.202. The van der Waals surface area contributed by atoms with Crippen molar-refractivity contribution < 1.29 is 22.7 Å². The van der Waals surface area contributed by atoms with Crippen LogP contribution in [0.15, 0.2) is 53.6 Å². The van der Waals surface area contributed by atoms with Crippen LogP contribution in [0.3, 0.4) is 0 Å². The molecule has 0 saturated carbocycles. The summed E-state index contributed by atoms with van der Waals surface area (Å²) in [6, 6.07) is 9.55. The number of aliphatic hydroxyl groups is 1. The van der Waals surface area contributed by atoms with Crippen LogP contribution in [0.1, 0.15) is 12.8 Å². The Kier molecular flexibility index (Phi) is 5.70. The maximum absolute atomic E-state index is 15.3. The summed E-state index contributed by atoms with van der Waals surface area (Å²) in [4.78, 5) is 18.9. The summed E-state index contributed by atoms with van der Waals surface area (Å²) < 4.78 is 55.8. The normalized spacial score (nSPS) is 15.9. The molecule has 1 aliphatic rings. The van der Waals surface area contributed by atoms with Crippen LogP contribution < -0.4 is 15.8 Å². The number of hydrogen-bond acceptors (Lipinski definition) is 6. The quantitative estimate of drug-likeness (QED) is 0.364. The van der Waals surface area contributed by atoms with Crippen LogP contribution in [0.2, 0.25) is 0 Å². The average molecular weight is 502 g/mol. The molecule has 0 aliphatic carbocycles. The molecule has 12 heteroatoms. The predicted molar refractivity (Wildman–Crippen MR) is 127 cm³/mol. The van der Waals surface area contributed by atoms with Gasteiger partial charge in [0.05, 0.1) is 23.1 Å². The Morgan fingerprint density at radius 3 is 2.50 bits per heavy atom. The second kappa shape index (κ2) is 8.63. The van der Waals surface area contributed by atoms with Gasteiger partial charge >= 0.3 is 6.18 Å². The lowest BCUT2D eigenvalue weighted by Gasteiger charge is -2.40. The number of aryl methyl sites for hydroxylation is 1. The summed E-state index contributed by atoms with van der Waals surface area (Å²) in [6.07, 6.45) is -2.55. The van der Waals surface area contributed by atoms with Crippen molar-refractivity contribution >= 4 is 28.1 Å². The molecular formula is C24H22F4N6O2. The third-order valence-electron chi connectivity index (χ3n) is 6.63. The first-order valence-corrected chi connectivity index (χ1v) is 11.2. The fourth-order valence-electron chi connectivity index (χ4n) is 4.42. The lowest BCUT2D eigenvalue weighted by molar-refractivity contribution is -0.266. The van der Waals surface area contributed by atoms with Gasteiger partial charge in [-0.25, -0.2) is 9.37 Å². The molecule has 1 aliphatic heterocycles. The van der Waals surface area contributed by atoms with E-state index in [9.17, 15) is 23.1 Å². The zero-order valence-corrected chi connectivity index (χ0v) is 19.1. The van der Waals surface area contributed by atoms with Gasteiger partial charge in [-0.1, -0.05) is 0 Å². The number of anilines is 3. The molecule has 1 aromatic carbocycles. The van der Waals surface area contributed by atoms with Crippen molar-refractivity contribution in [1.82, 2.24) is 19.7 Å². The van der Waals surface area contributed by atoms with E-state index in [2.05, 4.69) is 20.5 Å². The van der Waals surface area contributed by atoms with Crippen molar-refractivity contribution in [2.24, 2.45) is 7.05 Å². The van der Waals surface area contributed by atoms with E-state index in [0.29, 0.717) is 28.3 Å². The third kappa shape index (κ3) is 4.06. The molecule has 0 unspecified atom stereocenters. The number of hydrogen-bond donors (Lipinski definition) is 3. The number of benzene rings is 1. The monoisotopic (exact) mass is 502 g/mol. The summed E-state index contributed by atoms with van der Waals surface area (Å²) >= 11 is 0. The molecule has 5 rings (SSSR count). The number of rotatable bonds is 4. The molecule has 36 heavy (non-hydrogen) atoms. The first-order valence-electron chi connectivity index (χ1n) is 11.2. The first-order chi connectivity index (χ1) is 17.1. The van der Waals surface area contributed by atoms with Crippen LogP contribution in [0.5, 0.6) is 0 Å². The van der Waals surface area contributed by atoms with E-state index in [1.165, 1.54) is 23.0 Å². The number of H-pyrrole nitrogens is 1. The highest BCUT2D eigenvalue weighted by atomic mass is 19.4. The van der Waals surface area contributed by atoms with Gasteiger partial charge in [0.15, 0.2) is 5.60 Å². The fraction of sp³-hybridized carbons (Fsp3) is 0.292. The molecule has 188 valence electrons. The van der Waals surface area contributed by atoms with Crippen LogP contribution in [-0.4, -0.2) is 49.7 Å². The van der Waals surface area contributed by atoms with Crippen LogP contribution in [0, 0.1) is 5.82 Å². The maximum atomic E-state index is 15.3. The minimum atomic E-state index is -4.67.